The van der Waals surface area contributed by atoms with Gasteiger partial charge in [-0.1, -0.05) is 18.2 Å². The minimum atomic E-state index is -0.0272. The van der Waals surface area contributed by atoms with E-state index in [2.05, 4.69) is 28.1 Å². The summed E-state index contributed by atoms with van der Waals surface area (Å²) in [5.41, 5.74) is 1.82. The van der Waals surface area contributed by atoms with E-state index in [1.807, 2.05) is 24.3 Å². The van der Waals surface area contributed by atoms with Gasteiger partial charge in [-0.05, 0) is 42.0 Å². The zero-order chi connectivity index (χ0) is 15.9. The number of hydrogen-bond acceptors (Lipinski definition) is 4. The van der Waals surface area contributed by atoms with Crippen LogP contribution in [-0.4, -0.2) is 25.2 Å². The summed E-state index contributed by atoms with van der Waals surface area (Å²) in [4.78, 5) is 13.5. The molecule has 1 aromatic heterocycles. The molecule has 1 fully saturated rings. The number of hydrogen-bond donors (Lipinski definition) is 2. The molecule has 1 aromatic carbocycles. The Morgan fingerprint density at radius 2 is 2.22 bits per heavy atom. The fraction of sp³-hybridized carbons (Fsp3) is 0.389. The fourth-order valence-electron chi connectivity index (χ4n) is 2.68. The third-order valence-corrected chi connectivity index (χ3v) is 4.79. The van der Waals surface area contributed by atoms with Gasteiger partial charge in [-0.2, -0.15) is 0 Å². The molecule has 1 aliphatic heterocycles. The van der Waals surface area contributed by atoms with Gasteiger partial charge in [0.05, 0.1) is 6.10 Å². The van der Waals surface area contributed by atoms with Gasteiger partial charge in [-0.25, -0.2) is 0 Å². The monoisotopic (exact) mass is 330 g/mol. The van der Waals surface area contributed by atoms with Crippen LogP contribution >= 0.6 is 11.3 Å². The first kappa shape index (κ1) is 16.2. The van der Waals surface area contributed by atoms with Gasteiger partial charge in [0.15, 0.2) is 0 Å². The fourth-order valence-corrected chi connectivity index (χ4v) is 3.35. The second-order valence-electron chi connectivity index (χ2n) is 5.73. The molecule has 0 unspecified atom stereocenters. The maximum absolute atomic E-state index is 12.2. The molecule has 23 heavy (non-hydrogen) atoms. The highest BCUT2D eigenvalue weighted by Crippen LogP contribution is 2.12. The quantitative estimate of drug-likeness (QED) is 0.821. The Balaban J connectivity index is 1.48. The van der Waals surface area contributed by atoms with Crippen molar-refractivity contribution in [1.29, 1.82) is 0 Å². The van der Waals surface area contributed by atoms with E-state index in [0.29, 0.717) is 12.1 Å². The molecule has 1 aliphatic rings. The molecule has 0 bridgehead atoms. The van der Waals surface area contributed by atoms with Crippen LogP contribution in [0, 0.1) is 0 Å². The molecule has 2 aromatic rings. The SMILES string of the molecule is O=C(NC[C@H]1CCCO1)c1cccc(CNCc2cccs2)c1. The van der Waals surface area contributed by atoms with E-state index in [1.54, 1.807) is 11.3 Å². The summed E-state index contributed by atoms with van der Waals surface area (Å²) in [5.74, 6) is -0.0272. The molecule has 122 valence electrons. The molecular formula is C18H22N2O2S. The topological polar surface area (TPSA) is 50.4 Å². The largest absolute Gasteiger partial charge is 0.376 e. The van der Waals surface area contributed by atoms with Gasteiger partial charge < -0.3 is 15.4 Å². The second kappa shape index (κ2) is 8.24. The lowest BCUT2D eigenvalue weighted by Gasteiger charge is -2.11. The molecular weight excluding hydrogens is 308 g/mol. The Kier molecular flexibility index (Phi) is 5.80. The normalized spacial score (nSPS) is 17.3. The zero-order valence-electron chi connectivity index (χ0n) is 13.1. The number of amides is 1. The van der Waals surface area contributed by atoms with Gasteiger partial charge in [-0.15, -0.1) is 11.3 Å². The summed E-state index contributed by atoms with van der Waals surface area (Å²) < 4.78 is 5.53. The van der Waals surface area contributed by atoms with E-state index >= 15 is 0 Å². The Morgan fingerprint density at radius 3 is 3.00 bits per heavy atom. The van der Waals surface area contributed by atoms with Crippen molar-refractivity contribution < 1.29 is 9.53 Å². The van der Waals surface area contributed by atoms with Crippen LogP contribution in [0.3, 0.4) is 0 Å². The van der Waals surface area contributed by atoms with Crippen molar-refractivity contribution in [3.8, 4) is 0 Å². The predicted octanol–water partition coefficient (Wildman–Crippen LogP) is 2.95. The summed E-state index contributed by atoms with van der Waals surface area (Å²) in [5, 5.41) is 8.45. The third kappa shape index (κ3) is 4.89. The second-order valence-corrected chi connectivity index (χ2v) is 6.76. The predicted molar refractivity (Wildman–Crippen MR) is 92.6 cm³/mol. The summed E-state index contributed by atoms with van der Waals surface area (Å²) >= 11 is 1.75. The van der Waals surface area contributed by atoms with E-state index < -0.39 is 0 Å². The smallest absolute Gasteiger partial charge is 0.251 e. The van der Waals surface area contributed by atoms with Gasteiger partial charge in [-0.3, -0.25) is 4.79 Å². The highest BCUT2D eigenvalue weighted by molar-refractivity contribution is 7.09. The third-order valence-electron chi connectivity index (χ3n) is 3.91. The summed E-state index contributed by atoms with van der Waals surface area (Å²) in [7, 11) is 0. The molecule has 2 heterocycles. The minimum absolute atomic E-state index is 0.0272. The number of thiophene rings is 1. The Bertz CT molecular complexity index is 622. The molecule has 0 saturated carbocycles. The van der Waals surface area contributed by atoms with E-state index in [-0.39, 0.29) is 12.0 Å². The Morgan fingerprint density at radius 1 is 1.26 bits per heavy atom. The van der Waals surface area contributed by atoms with E-state index in [1.165, 1.54) is 4.88 Å². The summed E-state index contributed by atoms with van der Waals surface area (Å²) in [6, 6.07) is 12.0. The Hall–Kier alpha value is -1.69. The first-order valence-corrected chi connectivity index (χ1v) is 8.91. The first-order chi connectivity index (χ1) is 11.3. The van der Waals surface area contributed by atoms with Gasteiger partial charge in [0.1, 0.15) is 0 Å². The average molecular weight is 330 g/mol. The van der Waals surface area contributed by atoms with Crippen molar-refractivity contribution in [2.75, 3.05) is 13.2 Å². The van der Waals surface area contributed by atoms with Crippen LogP contribution < -0.4 is 10.6 Å². The number of carbonyl (C=O) groups excluding carboxylic acids is 1. The van der Waals surface area contributed by atoms with Crippen molar-refractivity contribution in [2.24, 2.45) is 0 Å². The molecule has 4 nitrogen and oxygen atoms in total. The molecule has 3 rings (SSSR count). The average Bonchev–Trinajstić information content (AvgIpc) is 3.26. The lowest BCUT2D eigenvalue weighted by atomic mass is 10.1. The zero-order valence-corrected chi connectivity index (χ0v) is 13.9. The van der Waals surface area contributed by atoms with E-state index in [9.17, 15) is 4.79 Å². The Labute approximate surface area is 140 Å². The van der Waals surface area contributed by atoms with Gasteiger partial charge in [0.25, 0.3) is 5.91 Å². The van der Waals surface area contributed by atoms with Crippen molar-refractivity contribution >= 4 is 17.2 Å². The molecule has 1 atom stereocenters. The van der Waals surface area contributed by atoms with E-state index in [0.717, 1.165) is 38.1 Å². The van der Waals surface area contributed by atoms with Crippen LogP contribution in [0.15, 0.2) is 41.8 Å². The molecule has 0 spiro atoms. The molecule has 0 radical (unpaired) electrons. The van der Waals surface area contributed by atoms with Gasteiger partial charge in [0, 0.05) is 36.7 Å². The maximum Gasteiger partial charge on any atom is 0.251 e. The van der Waals surface area contributed by atoms with Crippen molar-refractivity contribution in [3.63, 3.8) is 0 Å². The van der Waals surface area contributed by atoms with E-state index in [4.69, 9.17) is 4.74 Å². The minimum Gasteiger partial charge on any atom is -0.376 e. The molecule has 1 saturated heterocycles. The van der Waals surface area contributed by atoms with Gasteiger partial charge >= 0.3 is 0 Å². The van der Waals surface area contributed by atoms with Crippen LogP contribution in [0.1, 0.15) is 33.6 Å². The highest BCUT2D eigenvalue weighted by Gasteiger charge is 2.16. The standard InChI is InChI=1S/C18H22N2O2S/c21-18(20-12-16-6-2-8-22-16)15-5-1-4-14(10-15)11-19-13-17-7-3-9-23-17/h1,3-5,7,9-10,16,19H,2,6,8,11-13H2,(H,20,21)/t16-/m1/s1. The maximum atomic E-state index is 12.2. The first-order valence-electron chi connectivity index (χ1n) is 8.03. The van der Waals surface area contributed by atoms with Crippen molar-refractivity contribution in [3.05, 3.63) is 57.8 Å². The number of ether oxygens (including phenoxy) is 1. The highest BCUT2D eigenvalue weighted by atomic mass is 32.1. The number of benzene rings is 1. The summed E-state index contributed by atoms with van der Waals surface area (Å²) in [6.45, 7) is 3.02. The number of carbonyl (C=O) groups is 1. The molecule has 5 heteroatoms. The van der Waals surface area contributed by atoms with Crippen molar-refractivity contribution in [1.82, 2.24) is 10.6 Å². The van der Waals surface area contributed by atoms with Crippen LogP contribution in [0.2, 0.25) is 0 Å². The van der Waals surface area contributed by atoms with Crippen LogP contribution in [-0.2, 0) is 17.8 Å². The number of nitrogens with one attached hydrogen (secondary N) is 2. The van der Waals surface area contributed by atoms with Crippen LogP contribution in [0.5, 0.6) is 0 Å². The molecule has 0 aliphatic carbocycles. The van der Waals surface area contributed by atoms with Crippen LogP contribution in [0.4, 0.5) is 0 Å². The summed E-state index contributed by atoms with van der Waals surface area (Å²) in [6.07, 6.45) is 2.30. The lowest BCUT2D eigenvalue weighted by molar-refractivity contribution is 0.0857. The van der Waals surface area contributed by atoms with Gasteiger partial charge in [0.2, 0.25) is 0 Å². The lowest BCUT2D eigenvalue weighted by Crippen LogP contribution is -2.31. The van der Waals surface area contributed by atoms with Crippen LogP contribution in [0.25, 0.3) is 0 Å². The van der Waals surface area contributed by atoms with Crippen molar-refractivity contribution in [2.45, 2.75) is 32.0 Å². The molecule has 1 amide bonds. The number of rotatable bonds is 7. The molecule has 2 N–H and O–H groups in total.